The molecule has 0 amide bonds. The molecule has 4 nitrogen and oxygen atoms in total. The summed E-state index contributed by atoms with van der Waals surface area (Å²) in [7, 11) is 2.05. The number of nitrogens with zero attached hydrogens (tertiary/aromatic N) is 2. The summed E-state index contributed by atoms with van der Waals surface area (Å²) in [6.07, 6.45) is 0. The second kappa shape index (κ2) is 6.70. The number of hydrazine groups is 1. The molecular formula is C15H19ClN4. The van der Waals surface area contributed by atoms with E-state index in [0.29, 0.717) is 17.4 Å². The van der Waals surface area contributed by atoms with Crippen molar-refractivity contribution in [3.63, 3.8) is 0 Å². The van der Waals surface area contributed by atoms with E-state index in [1.807, 2.05) is 13.1 Å². The number of rotatable bonds is 5. The maximum atomic E-state index is 6.17. The summed E-state index contributed by atoms with van der Waals surface area (Å²) in [6, 6.07) is 11.9. The van der Waals surface area contributed by atoms with E-state index in [1.54, 1.807) is 12.1 Å². The lowest BCUT2D eigenvalue weighted by Gasteiger charge is -2.18. The van der Waals surface area contributed by atoms with Gasteiger partial charge in [0.25, 0.3) is 0 Å². The molecule has 1 heterocycles. The Labute approximate surface area is 124 Å². The van der Waals surface area contributed by atoms with Gasteiger partial charge in [0.2, 0.25) is 0 Å². The van der Waals surface area contributed by atoms with Crippen LogP contribution < -0.4 is 11.3 Å². The van der Waals surface area contributed by atoms with Crippen molar-refractivity contribution in [3.05, 3.63) is 58.2 Å². The van der Waals surface area contributed by atoms with E-state index in [9.17, 15) is 0 Å². The third kappa shape index (κ3) is 3.70. The molecule has 3 N–H and O–H groups in total. The van der Waals surface area contributed by atoms with Gasteiger partial charge in [0.05, 0.1) is 10.7 Å². The van der Waals surface area contributed by atoms with Crippen molar-refractivity contribution in [1.29, 1.82) is 0 Å². The molecule has 0 aliphatic heterocycles. The van der Waals surface area contributed by atoms with Gasteiger partial charge in [-0.2, -0.15) is 0 Å². The summed E-state index contributed by atoms with van der Waals surface area (Å²) < 4.78 is 0. The summed E-state index contributed by atoms with van der Waals surface area (Å²) in [4.78, 5) is 6.56. The van der Waals surface area contributed by atoms with Gasteiger partial charge in [-0.15, -0.1) is 0 Å². The second-order valence-corrected chi connectivity index (χ2v) is 5.28. The number of hydrogen-bond donors (Lipinski definition) is 2. The zero-order valence-electron chi connectivity index (χ0n) is 11.7. The Hall–Kier alpha value is -1.62. The zero-order valence-corrected chi connectivity index (χ0v) is 12.5. The quantitative estimate of drug-likeness (QED) is 0.657. The number of nitrogens with two attached hydrogens (primary N) is 1. The van der Waals surface area contributed by atoms with Crippen LogP contribution in [0.3, 0.4) is 0 Å². The first-order valence-corrected chi connectivity index (χ1v) is 6.83. The highest BCUT2D eigenvalue weighted by Crippen LogP contribution is 2.19. The zero-order chi connectivity index (χ0) is 14.5. The highest BCUT2D eigenvalue weighted by atomic mass is 35.5. The Morgan fingerprint density at radius 2 is 1.95 bits per heavy atom. The first-order chi connectivity index (χ1) is 9.60. The Morgan fingerprint density at radius 3 is 2.65 bits per heavy atom. The standard InChI is InChI=1S/C15H19ClN4/c1-11-5-3-4-6-12(11)9-20(2)10-14-13(16)7-8-15(18-14)19-17/h3-8H,9-10,17H2,1-2H3,(H,18,19). The van der Waals surface area contributed by atoms with Crippen molar-refractivity contribution in [3.8, 4) is 0 Å². The van der Waals surface area contributed by atoms with Crippen molar-refractivity contribution in [2.75, 3.05) is 12.5 Å². The molecule has 20 heavy (non-hydrogen) atoms. The average Bonchev–Trinajstić information content (AvgIpc) is 2.44. The van der Waals surface area contributed by atoms with Crippen LogP contribution in [0.15, 0.2) is 36.4 Å². The molecule has 0 radical (unpaired) electrons. The lowest BCUT2D eigenvalue weighted by molar-refractivity contribution is 0.314. The molecule has 0 aliphatic carbocycles. The van der Waals surface area contributed by atoms with E-state index in [2.05, 4.69) is 40.4 Å². The molecule has 0 spiro atoms. The molecule has 0 atom stereocenters. The molecule has 0 bridgehead atoms. The van der Waals surface area contributed by atoms with Gasteiger partial charge in [0.15, 0.2) is 0 Å². The summed E-state index contributed by atoms with van der Waals surface area (Å²) in [5.74, 6) is 5.99. The second-order valence-electron chi connectivity index (χ2n) is 4.87. The van der Waals surface area contributed by atoms with Gasteiger partial charge in [0, 0.05) is 13.1 Å². The van der Waals surface area contributed by atoms with Crippen LogP contribution in [0, 0.1) is 6.92 Å². The van der Waals surface area contributed by atoms with E-state index in [-0.39, 0.29) is 0 Å². The molecule has 1 aromatic heterocycles. The van der Waals surface area contributed by atoms with Crippen LogP contribution in [0.5, 0.6) is 0 Å². The van der Waals surface area contributed by atoms with Crippen molar-refractivity contribution in [2.24, 2.45) is 5.84 Å². The molecule has 0 saturated heterocycles. The van der Waals surface area contributed by atoms with E-state index in [1.165, 1.54) is 11.1 Å². The number of hydrogen-bond acceptors (Lipinski definition) is 4. The fourth-order valence-corrected chi connectivity index (χ4v) is 2.23. The fraction of sp³-hybridized carbons (Fsp3) is 0.267. The Bertz CT molecular complexity index is 586. The molecular weight excluding hydrogens is 272 g/mol. The Balaban J connectivity index is 2.08. The van der Waals surface area contributed by atoms with Crippen LogP contribution in [-0.2, 0) is 13.1 Å². The van der Waals surface area contributed by atoms with Crippen LogP contribution in [0.2, 0.25) is 5.02 Å². The first kappa shape index (κ1) is 14.8. The van der Waals surface area contributed by atoms with Gasteiger partial charge in [-0.05, 0) is 37.2 Å². The van der Waals surface area contributed by atoms with Gasteiger partial charge in [-0.3, -0.25) is 4.90 Å². The van der Waals surface area contributed by atoms with Crippen molar-refractivity contribution >= 4 is 17.4 Å². The first-order valence-electron chi connectivity index (χ1n) is 6.45. The van der Waals surface area contributed by atoms with Crippen LogP contribution >= 0.6 is 11.6 Å². The van der Waals surface area contributed by atoms with Gasteiger partial charge < -0.3 is 5.43 Å². The fourth-order valence-electron chi connectivity index (χ4n) is 2.07. The van der Waals surface area contributed by atoms with E-state index in [4.69, 9.17) is 17.4 Å². The topological polar surface area (TPSA) is 54.2 Å². The minimum atomic E-state index is 0.619. The summed E-state index contributed by atoms with van der Waals surface area (Å²) >= 11 is 6.17. The normalized spacial score (nSPS) is 10.8. The number of aryl methyl sites for hydroxylation is 1. The monoisotopic (exact) mass is 290 g/mol. The number of aromatic nitrogens is 1. The average molecular weight is 291 g/mol. The maximum Gasteiger partial charge on any atom is 0.140 e. The number of nitrogens with one attached hydrogen (secondary N) is 1. The lowest BCUT2D eigenvalue weighted by Crippen LogP contribution is -2.19. The number of pyridine rings is 1. The van der Waals surface area contributed by atoms with E-state index in [0.717, 1.165) is 12.2 Å². The van der Waals surface area contributed by atoms with Crippen LogP contribution in [0.1, 0.15) is 16.8 Å². The summed E-state index contributed by atoms with van der Waals surface area (Å²) in [5.41, 5.74) is 5.95. The third-order valence-electron chi connectivity index (χ3n) is 3.19. The largest absolute Gasteiger partial charge is 0.308 e. The molecule has 2 aromatic rings. The third-order valence-corrected chi connectivity index (χ3v) is 3.53. The van der Waals surface area contributed by atoms with Crippen molar-refractivity contribution in [1.82, 2.24) is 9.88 Å². The lowest BCUT2D eigenvalue weighted by atomic mass is 10.1. The van der Waals surface area contributed by atoms with Crippen molar-refractivity contribution < 1.29 is 0 Å². The maximum absolute atomic E-state index is 6.17. The predicted octanol–water partition coefficient (Wildman–Crippen LogP) is 2.96. The highest BCUT2D eigenvalue weighted by Gasteiger charge is 2.08. The molecule has 0 saturated carbocycles. The molecule has 5 heteroatoms. The molecule has 1 aromatic carbocycles. The molecule has 0 aliphatic rings. The smallest absolute Gasteiger partial charge is 0.140 e. The molecule has 106 valence electrons. The Kier molecular flexibility index (Phi) is 4.95. The van der Waals surface area contributed by atoms with Gasteiger partial charge in [-0.1, -0.05) is 35.9 Å². The van der Waals surface area contributed by atoms with Crippen LogP contribution in [0.25, 0.3) is 0 Å². The van der Waals surface area contributed by atoms with Gasteiger partial charge >= 0.3 is 0 Å². The minimum Gasteiger partial charge on any atom is -0.308 e. The minimum absolute atomic E-state index is 0.619. The summed E-state index contributed by atoms with van der Waals surface area (Å²) in [6.45, 7) is 3.64. The molecule has 0 unspecified atom stereocenters. The van der Waals surface area contributed by atoms with E-state index >= 15 is 0 Å². The summed E-state index contributed by atoms with van der Waals surface area (Å²) in [5, 5.41) is 0.653. The number of anilines is 1. The van der Waals surface area contributed by atoms with Gasteiger partial charge in [0.1, 0.15) is 5.82 Å². The number of nitrogen functional groups attached to an aromatic ring is 1. The number of halogens is 1. The van der Waals surface area contributed by atoms with E-state index < -0.39 is 0 Å². The van der Waals surface area contributed by atoms with Gasteiger partial charge in [-0.25, -0.2) is 10.8 Å². The van der Waals surface area contributed by atoms with Crippen molar-refractivity contribution in [2.45, 2.75) is 20.0 Å². The highest BCUT2D eigenvalue weighted by molar-refractivity contribution is 6.31. The SMILES string of the molecule is Cc1ccccc1CN(C)Cc1nc(NN)ccc1Cl. The van der Waals surface area contributed by atoms with Crippen LogP contribution in [0.4, 0.5) is 5.82 Å². The van der Waals surface area contributed by atoms with Crippen LogP contribution in [-0.4, -0.2) is 16.9 Å². The molecule has 2 rings (SSSR count). The number of benzene rings is 1. The predicted molar refractivity (Wildman–Crippen MR) is 83.4 cm³/mol. The molecule has 0 fully saturated rings. The Morgan fingerprint density at radius 1 is 1.20 bits per heavy atom.